The molecule has 0 bridgehead atoms. The first-order valence-electron chi connectivity index (χ1n) is 7.27. The lowest BCUT2D eigenvalue weighted by atomic mass is 9.98. The van der Waals surface area contributed by atoms with Crippen LogP contribution < -0.4 is 5.32 Å². The van der Waals surface area contributed by atoms with Crippen LogP contribution in [0.4, 0.5) is 36.8 Å². The molecule has 0 atom stereocenters. The Kier molecular flexibility index (Phi) is 5.20. The molecule has 0 aliphatic rings. The maximum atomic E-state index is 13.0. The highest BCUT2D eigenvalue weighted by molar-refractivity contribution is 5.94. The lowest BCUT2D eigenvalue weighted by Gasteiger charge is -2.18. The van der Waals surface area contributed by atoms with Crippen LogP contribution in [0.3, 0.4) is 0 Å². The van der Waals surface area contributed by atoms with E-state index in [-0.39, 0.29) is 22.9 Å². The van der Waals surface area contributed by atoms with Crippen molar-refractivity contribution in [2.45, 2.75) is 12.4 Å². The van der Waals surface area contributed by atoms with Gasteiger partial charge in [-0.15, -0.1) is 0 Å². The first-order chi connectivity index (χ1) is 11.9. The van der Waals surface area contributed by atoms with Gasteiger partial charge in [-0.1, -0.05) is 18.2 Å². The molecule has 0 heterocycles. The number of amides is 2. The average molecular weight is 376 g/mol. The van der Waals surface area contributed by atoms with E-state index in [0.717, 1.165) is 0 Å². The predicted octanol–water partition coefficient (Wildman–Crippen LogP) is 5.48. The van der Waals surface area contributed by atoms with Gasteiger partial charge < -0.3 is 10.2 Å². The highest BCUT2D eigenvalue weighted by atomic mass is 19.4. The summed E-state index contributed by atoms with van der Waals surface area (Å²) in [5.41, 5.74) is -3.01. The van der Waals surface area contributed by atoms with Gasteiger partial charge in [0.1, 0.15) is 0 Å². The minimum atomic E-state index is -4.95. The fourth-order valence-electron chi connectivity index (χ4n) is 2.18. The van der Waals surface area contributed by atoms with Gasteiger partial charge in [-0.2, -0.15) is 26.3 Å². The van der Waals surface area contributed by atoms with Crippen LogP contribution in [0.2, 0.25) is 0 Å². The van der Waals surface area contributed by atoms with Gasteiger partial charge in [-0.05, 0) is 29.8 Å². The number of carbonyl (C=O) groups excluding carboxylic acids is 1. The Balaban J connectivity index is 2.63. The minimum absolute atomic E-state index is 0.0410. The van der Waals surface area contributed by atoms with Crippen molar-refractivity contribution in [3.63, 3.8) is 0 Å². The van der Waals surface area contributed by atoms with Crippen LogP contribution in [-0.4, -0.2) is 25.0 Å². The third-order valence-electron chi connectivity index (χ3n) is 3.47. The van der Waals surface area contributed by atoms with Gasteiger partial charge in [0, 0.05) is 19.7 Å². The fourth-order valence-corrected chi connectivity index (χ4v) is 2.18. The van der Waals surface area contributed by atoms with E-state index in [0.29, 0.717) is 12.1 Å². The van der Waals surface area contributed by atoms with Crippen LogP contribution in [-0.2, 0) is 12.4 Å². The monoisotopic (exact) mass is 376 g/mol. The van der Waals surface area contributed by atoms with Crippen LogP contribution in [0.15, 0.2) is 42.5 Å². The number of nitrogens with zero attached hydrogens (tertiary/aromatic N) is 1. The molecule has 2 aromatic carbocycles. The summed E-state index contributed by atoms with van der Waals surface area (Å²) < 4.78 is 78.1. The molecule has 140 valence electrons. The zero-order chi connectivity index (χ0) is 19.7. The Morgan fingerprint density at radius 2 is 1.38 bits per heavy atom. The predicted molar refractivity (Wildman–Crippen MR) is 84.6 cm³/mol. The number of carbonyl (C=O) groups is 1. The summed E-state index contributed by atoms with van der Waals surface area (Å²) in [7, 11) is 2.90. The quantitative estimate of drug-likeness (QED) is 0.691. The molecule has 0 aliphatic heterocycles. The molecule has 0 fully saturated rings. The normalized spacial score (nSPS) is 12.0. The zero-order valence-corrected chi connectivity index (χ0v) is 13.7. The highest BCUT2D eigenvalue weighted by Crippen LogP contribution is 2.40. The molecule has 0 unspecified atom stereocenters. The van der Waals surface area contributed by atoms with Crippen LogP contribution >= 0.6 is 0 Å². The Morgan fingerprint density at radius 3 is 1.85 bits per heavy atom. The molecule has 0 saturated carbocycles. The van der Waals surface area contributed by atoms with Gasteiger partial charge >= 0.3 is 18.4 Å². The smallest absolute Gasteiger partial charge is 0.331 e. The van der Waals surface area contributed by atoms with E-state index < -0.39 is 29.5 Å². The number of urea groups is 1. The van der Waals surface area contributed by atoms with Crippen molar-refractivity contribution in [2.24, 2.45) is 0 Å². The van der Waals surface area contributed by atoms with E-state index in [9.17, 15) is 31.1 Å². The molecular formula is C17H14F6N2O. The van der Waals surface area contributed by atoms with Crippen molar-refractivity contribution >= 4 is 11.7 Å². The molecule has 26 heavy (non-hydrogen) atoms. The molecule has 1 N–H and O–H groups in total. The molecular weight excluding hydrogens is 362 g/mol. The second-order valence-corrected chi connectivity index (χ2v) is 5.66. The molecule has 0 saturated heterocycles. The van der Waals surface area contributed by atoms with Crippen molar-refractivity contribution in [2.75, 3.05) is 19.4 Å². The number of benzene rings is 2. The molecule has 2 amide bonds. The summed E-state index contributed by atoms with van der Waals surface area (Å²) in [6.07, 6.45) is -9.89. The lowest BCUT2D eigenvalue weighted by Crippen LogP contribution is -2.27. The van der Waals surface area contributed by atoms with E-state index in [1.165, 1.54) is 43.3 Å². The van der Waals surface area contributed by atoms with Crippen LogP contribution in [0.25, 0.3) is 11.1 Å². The molecule has 2 rings (SSSR count). The number of rotatable bonds is 2. The third kappa shape index (κ3) is 4.47. The number of alkyl halides is 6. The second kappa shape index (κ2) is 6.89. The Hall–Kier alpha value is -2.71. The maximum Gasteiger partial charge on any atom is 0.416 e. The van der Waals surface area contributed by atoms with Crippen LogP contribution in [0.5, 0.6) is 0 Å². The summed E-state index contributed by atoms with van der Waals surface area (Å²) in [6, 6.07) is 6.42. The Labute approximate surface area is 145 Å². The standard InChI is InChI=1S/C17H14F6N2O/c1-25(2)15(26)24-14-6-4-3-5-13(14)10-7-11(16(18,19)20)9-12(8-10)17(21,22)23/h3-9H,1-2H3,(H,24,26). The van der Waals surface area contributed by atoms with Crippen molar-refractivity contribution in [1.29, 1.82) is 0 Å². The van der Waals surface area contributed by atoms with Gasteiger partial charge in [0.05, 0.1) is 16.8 Å². The molecule has 2 aromatic rings. The molecule has 0 aromatic heterocycles. The van der Waals surface area contributed by atoms with Crippen molar-refractivity contribution in [1.82, 2.24) is 4.90 Å². The number of hydrogen-bond acceptors (Lipinski definition) is 1. The lowest BCUT2D eigenvalue weighted by molar-refractivity contribution is -0.143. The first kappa shape index (κ1) is 19.6. The topological polar surface area (TPSA) is 32.3 Å². The van der Waals surface area contributed by atoms with Crippen molar-refractivity contribution in [3.8, 4) is 11.1 Å². The summed E-state index contributed by atoms with van der Waals surface area (Å²) in [6.45, 7) is 0. The Morgan fingerprint density at radius 1 is 0.885 bits per heavy atom. The zero-order valence-electron chi connectivity index (χ0n) is 13.7. The highest BCUT2D eigenvalue weighted by Gasteiger charge is 2.37. The Bertz CT molecular complexity index is 779. The van der Waals surface area contributed by atoms with Gasteiger partial charge in [-0.3, -0.25) is 0 Å². The summed E-state index contributed by atoms with van der Waals surface area (Å²) >= 11 is 0. The number of halogens is 6. The molecule has 9 heteroatoms. The first-order valence-corrected chi connectivity index (χ1v) is 7.27. The number of anilines is 1. The SMILES string of the molecule is CN(C)C(=O)Nc1ccccc1-c1cc(C(F)(F)F)cc(C(F)(F)F)c1. The van der Waals surface area contributed by atoms with Gasteiger partial charge in [0.2, 0.25) is 0 Å². The molecule has 3 nitrogen and oxygen atoms in total. The third-order valence-corrected chi connectivity index (χ3v) is 3.47. The second-order valence-electron chi connectivity index (χ2n) is 5.66. The van der Waals surface area contributed by atoms with Crippen molar-refractivity contribution in [3.05, 3.63) is 53.6 Å². The van der Waals surface area contributed by atoms with E-state index >= 15 is 0 Å². The number of hydrogen-bond donors (Lipinski definition) is 1. The fraction of sp³-hybridized carbons (Fsp3) is 0.235. The summed E-state index contributed by atoms with van der Waals surface area (Å²) in [5.74, 6) is 0. The van der Waals surface area contributed by atoms with Crippen LogP contribution in [0.1, 0.15) is 11.1 Å². The van der Waals surface area contributed by atoms with Gasteiger partial charge in [0.25, 0.3) is 0 Å². The number of nitrogens with one attached hydrogen (secondary N) is 1. The molecule has 0 spiro atoms. The summed E-state index contributed by atoms with van der Waals surface area (Å²) in [4.78, 5) is 13.0. The van der Waals surface area contributed by atoms with E-state index in [1.54, 1.807) is 0 Å². The molecule has 0 radical (unpaired) electrons. The van der Waals surface area contributed by atoms with Gasteiger partial charge in [0.15, 0.2) is 0 Å². The number of para-hydroxylation sites is 1. The minimum Gasteiger partial charge on any atom is -0.331 e. The van der Waals surface area contributed by atoms with E-state index in [4.69, 9.17) is 0 Å². The van der Waals surface area contributed by atoms with E-state index in [1.807, 2.05) is 0 Å². The summed E-state index contributed by atoms with van der Waals surface area (Å²) in [5, 5.41) is 2.45. The average Bonchev–Trinajstić information content (AvgIpc) is 2.53. The van der Waals surface area contributed by atoms with E-state index in [2.05, 4.69) is 5.32 Å². The van der Waals surface area contributed by atoms with Crippen molar-refractivity contribution < 1.29 is 31.1 Å². The largest absolute Gasteiger partial charge is 0.416 e. The van der Waals surface area contributed by atoms with Gasteiger partial charge in [-0.25, -0.2) is 4.79 Å². The molecule has 0 aliphatic carbocycles. The van der Waals surface area contributed by atoms with Crippen LogP contribution in [0, 0.1) is 0 Å². The maximum absolute atomic E-state index is 13.0.